The summed E-state index contributed by atoms with van der Waals surface area (Å²) >= 11 is 0. The third-order valence-corrected chi connectivity index (χ3v) is 4.21. The molecule has 0 radical (unpaired) electrons. The van der Waals surface area contributed by atoms with Crippen molar-refractivity contribution in [1.82, 2.24) is 9.47 Å². The molecule has 0 amide bonds. The van der Waals surface area contributed by atoms with Crippen molar-refractivity contribution in [3.8, 4) is 0 Å². The van der Waals surface area contributed by atoms with Crippen LogP contribution < -0.4 is 0 Å². The fourth-order valence-electron chi connectivity index (χ4n) is 3.10. The molecular weight excluding hydrogens is 280 g/mol. The van der Waals surface area contributed by atoms with Crippen molar-refractivity contribution in [2.75, 3.05) is 26.9 Å². The topological polar surface area (TPSA) is 43.7 Å². The second kappa shape index (κ2) is 6.10. The lowest BCUT2D eigenvalue weighted by atomic mass is 10.1. The van der Waals surface area contributed by atoms with Crippen molar-refractivity contribution in [1.29, 1.82) is 0 Å². The molecule has 3 rings (SSSR count). The molecule has 2 aromatic rings. The Morgan fingerprint density at radius 2 is 2.00 bits per heavy atom. The monoisotopic (exact) mass is 302 g/mol. The average molecular weight is 302 g/mol. The highest BCUT2D eigenvalue weighted by molar-refractivity contribution is 6.04. The van der Waals surface area contributed by atoms with Crippen molar-refractivity contribution in [3.05, 3.63) is 35.0 Å². The Labute approximate surface area is 130 Å². The van der Waals surface area contributed by atoms with Gasteiger partial charge >= 0.3 is 5.97 Å². The van der Waals surface area contributed by atoms with Crippen molar-refractivity contribution in [2.24, 2.45) is 7.05 Å². The zero-order valence-corrected chi connectivity index (χ0v) is 13.4. The van der Waals surface area contributed by atoms with Crippen LogP contribution >= 0.6 is 0 Å². The number of rotatable bonds is 5. The number of benzene rings is 1. The van der Waals surface area contributed by atoms with Gasteiger partial charge in [0, 0.05) is 50.9 Å². The van der Waals surface area contributed by atoms with Crippen molar-refractivity contribution < 1.29 is 14.3 Å². The molecule has 0 saturated carbocycles. The van der Waals surface area contributed by atoms with Gasteiger partial charge in [0.2, 0.25) is 0 Å². The molecule has 2 heterocycles. The van der Waals surface area contributed by atoms with Crippen LogP contribution in [0.15, 0.2) is 18.3 Å². The van der Waals surface area contributed by atoms with E-state index in [1.807, 2.05) is 24.7 Å². The van der Waals surface area contributed by atoms with E-state index in [0.29, 0.717) is 12.2 Å². The van der Waals surface area contributed by atoms with Gasteiger partial charge < -0.3 is 14.0 Å². The number of hydrogen-bond acceptors (Lipinski definition) is 4. The normalized spacial score (nSPS) is 14.5. The molecule has 0 fully saturated rings. The van der Waals surface area contributed by atoms with Crippen LogP contribution in [0.3, 0.4) is 0 Å². The minimum absolute atomic E-state index is 0.248. The number of fused-ring (bicyclic) bond motifs is 2. The smallest absolute Gasteiger partial charge is 0.340 e. The first-order valence-electron chi connectivity index (χ1n) is 7.63. The number of carbonyl (C=O) groups is 1. The first-order chi connectivity index (χ1) is 10.6. The number of aromatic nitrogens is 1. The Hall–Kier alpha value is -1.85. The van der Waals surface area contributed by atoms with E-state index in [4.69, 9.17) is 9.47 Å². The third-order valence-electron chi connectivity index (χ3n) is 4.21. The predicted octanol–water partition coefficient (Wildman–Crippen LogP) is 2.32. The van der Waals surface area contributed by atoms with Gasteiger partial charge in [-0.15, -0.1) is 0 Å². The van der Waals surface area contributed by atoms with E-state index in [-0.39, 0.29) is 5.97 Å². The molecule has 0 saturated heterocycles. The molecular formula is C17H22N2O3. The van der Waals surface area contributed by atoms with Crippen molar-refractivity contribution in [3.63, 3.8) is 0 Å². The highest BCUT2D eigenvalue weighted by Crippen LogP contribution is 2.30. The molecule has 118 valence electrons. The lowest BCUT2D eigenvalue weighted by Gasteiger charge is -2.13. The van der Waals surface area contributed by atoms with E-state index in [1.54, 1.807) is 7.11 Å². The molecule has 5 heteroatoms. The van der Waals surface area contributed by atoms with Crippen LogP contribution in [0.4, 0.5) is 0 Å². The molecule has 22 heavy (non-hydrogen) atoms. The summed E-state index contributed by atoms with van der Waals surface area (Å²) in [6, 6.07) is 4.34. The first-order valence-corrected chi connectivity index (χ1v) is 7.63. The van der Waals surface area contributed by atoms with Crippen LogP contribution in [0.25, 0.3) is 10.9 Å². The summed E-state index contributed by atoms with van der Waals surface area (Å²) < 4.78 is 12.3. The van der Waals surface area contributed by atoms with Gasteiger partial charge in [0.25, 0.3) is 0 Å². The van der Waals surface area contributed by atoms with Crippen molar-refractivity contribution in [2.45, 2.75) is 20.0 Å². The summed E-state index contributed by atoms with van der Waals surface area (Å²) in [5.74, 6) is -0.248. The zero-order chi connectivity index (χ0) is 15.7. The molecule has 0 atom stereocenters. The fraction of sp³-hybridized carbons (Fsp3) is 0.471. The highest BCUT2D eigenvalue weighted by atomic mass is 16.5. The van der Waals surface area contributed by atoms with E-state index < -0.39 is 0 Å². The van der Waals surface area contributed by atoms with Gasteiger partial charge in [-0.3, -0.25) is 4.90 Å². The third kappa shape index (κ3) is 2.62. The largest absolute Gasteiger partial charge is 0.462 e. The molecule has 1 aliphatic rings. The predicted molar refractivity (Wildman–Crippen MR) is 84.9 cm³/mol. The standard InChI is InChI=1S/C17H22N2O3/c1-4-22-17(20)15-11-18(2)16-8-13-10-19(5-6-21-3)9-12(13)7-14(15)16/h7-8,11H,4-6,9-10H2,1-3H3. The van der Waals surface area contributed by atoms with Crippen molar-refractivity contribution >= 4 is 16.9 Å². The molecule has 0 spiro atoms. The number of methoxy groups -OCH3 is 1. The lowest BCUT2D eigenvalue weighted by molar-refractivity contribution is 0.0528. The highest BCUT2D eigenvalue weighted by Gasteiger charge is 2.22. The van der Waals surface area contributed by atoms with Crippen LogP contribution in [0.5, 0.6) is 0 Å². The molecule has 1 aliphatic heterocycles. The van der Waals surface area contributed by atoms with E-state index in [9.17, 15) is 4.79 Å². The van der Waals surface area contributed by atoms with Crippen LogP contribution in [0.2, 0.25) is 0 Å². The molecule has 5 nitrogen and oxygen atoms in total. The number of esters is 1. The Kier molecular flexibility index (Phi) is 4.18. The maximum Gasteiger partial charge on any atom is 0.340 e. The summed E-state index contributed by atoms with van der Waals surface area (Å²) in [6.45, 7) is 5.73. The van der Waals surface area contributed by atoms with Gasteiger partial charge in [-0.2, -0.15) is 0 Å². The molecule has 1 aromatic heterocycles. The summed E-state index contributed by atoms with van der Waals surface area (Å²) in [5.41, 5.74) is 4.36. The minimum atomic E-state index is -0.248. The number of nitrogens with zero attached hydrogens (tertiary/aromatic N) is 2. The maximum atomic E-state index is 12.1. The quantitative estimate of drug-likeness (QED) is 0.795. The number of ether oxygens (including phenoxy) is 2. The van der Waals surface area contributed by atoms with Gasteiger partial charge in [0.1, 0.15) is 0 Å². The molecule has 1 aromatic carbocycles. The van der Waals surface area contributed by atoms with Crippen LogP contribution in [0, 0.1) is 0 Å². The summed E-state index contributed by atoms with van der Waals surface area (Å²) in [5, 5.41) is 0.980. The second-order valence-corrected chi connectivity index (χ2v) is 5.72. The maximum absolute atomic E-state index is 12.1. The van der Waals surface area contributed by atoms with E-state index in [2.05, 4.69) is 17.0 Å². The lowest BCUT2D eigenvalue weighted by Crippen LogP contribution is -2.21. The Balaban J connectivity index is 1.95. The summed E-state index contributed by atoms with van der Waals surface area (Å²) in [4.78, 5) is 14.5. The van der Waals surface area contributed by atoms with Gasteiger partial charge in [-0.1, -0.05) is 0 Å². The van der Waals surface area contributed by atoms with E-state index in [0.717, 1.165) is 37.1 Å². The number of hydrogen-bond donors (Lipinski definition) is 0. The summed E-state index contributed by atoms with van der Waals surface area (Å²) in [6.07, 6.45) is 1.86. The number of aryl methyl sites for hydroxylation is 1. The van der Waals surface area contributed by atoms with Gasteiger partial charge in [-0.25, -0.2) is 4.79 Å². The fourth-order valence-corrected chi connectivity index (χ4v) is 3.10. The molecule has 0 N–H and O–H groups in total. The molecule has 0 bridgehead atoms. The van der Waals surface area contributed by atoms with E-state index >= 15 is 0 Å². The summed E-state index contributed by atoms with van der Waals surface area (Å²) in [7, 11) is 3.69. The first kappa shape index (κ1) is 15.1. The molecule has 0 unspecified atom stereocenters. The van der Waals surface area contributed by atoms with Crippen LogP contribution in [0.1, 0.15) is 28.4 Å². The Morgan fingerprint density at radius 3 is 2.68 bits per heavy atom. The SMILES string of the molecule is CCOC(=O)c1cn(C)c2cc3c(cc12)CN(CCOC)C3. The van der Waals surface area contributed by atoms with Crippen LogP contribution in [-0.2, 0) is 29.6 Å². The van der Waals surface area contributed by atoms with E-state index in [1.165, 1.54) is 11.1 Å². The van der Waals surface area contributed by atoms with Gasteiger partial charge in [0.05, 0.1) is 18.8 Å². The van der Waals surface area contributed by atoms with Crippen LogP contribution in [-0.4, -0.2) is 42.3 Å². The molecule has 0 aliphatic carbocycles. The second-order valence-electron chi connectivity index (χ2n) is 5.72. The Bertz CT molecular complexity index is 705. The number of carbonyl (C=O) groups excluding carboxylic acids is 1. The zero-order valence-electron chi connectivity index (χ0n) is 13.4. The van der Waals surface area contributed by atoms with Gasteiger partial charge in [-0.05, 0) is 30.2 Å². The Morgan fingerprint density at radius 1 is 1.27 bits per heavy atom. The average Bonchev–Trinajstić information content (AvgIpc) is 3.04. The minimum Gasteiger partial charge on any atom is -0.462 e. The van der Waals surface area contributed by atoms with Gasteiger partial charge in [0.15, 0.2) is 0 Å².